The summed E-state index contributed by atoms with van der Waals surface area (Å²) in [5, 5.41) is 4.24. The van der Waals surface area contributed by atoms with Crippen LogP contribution in [0.5, 0.6) is 0 Å². The molecule has 0 bridgehead atoms. The molecule has 0 fully saturated rings. The highest BCUT2D eigenvalue weighted by Crippen LogP contribution is 2.21. The topological polar surface area (TPSA) is 112 Å². The predicted molar refractivity (Wildman–Crippen MR) is 80.7 cm³/mol. The molecule has 2 N–H and O–H groups in total. The van der Waals surface area contributed by atoms with Crippen molar-refractivity contribution in [2.45, 2.75) is 31.6 Å². The first kappa shape index (κ1) is 15.4. The van der Waals surface area contributed by atoms with Crippen molar-refractivity contribution in [1.29, 1.82) is 0 Å². The fourth-order valence-electron chi connectivity index (χ4n) is 2.38. The predicted octanol–water partition coefficient (Wildman–Crippen LogP) is 0.191. The van der Waals surface area contributed by atoms with Crippen LogP contribution in [0.4, 0.5) is 0 Å². The third kappa shape index (κ3) is 3.47. The summed E-state index contributed by atoms with van der Waals surface area (Å²) < 4.78 is 33.1. The fourth-order valence-corrected chi connectivity index (χ4v) is 3.82. The van der Waals surface area contributed by atoms with Gasteiger partial charge in [-0.05, 0) is 24.4 Å². The number of nitrogens with zero attached hydrogens (tertiary/aromatic N) is 4. The fraction of sp³-hybridized carbons (Fsp3) is 0.636. The van der Waals surface area contributed by atoms with E-state index in [0.717, 1.165) is 29.5 Å². The third-order valence-electron chi connectivity index (χ3n) is 3.43. The molecular formula is C11H17N5O4S2. The van der Waals surface area contributed by atoms with Gasteiger partial charge in [0.15, 0.2) is 0 Å². The second-order valence-corrected chi connectivity index (χ2v) is 7.17. The monoisotopic (exact) mass is 347 g/mol. The van der Waals surface area contributed by atoms with Crippen LogP contribution in [0, 0.1) is 0 Å². The largest absolute Gasteiger partial charge is 0.491 e. The van der Waals surface area contributed by atoms with E-state index >= 15 is 0 Å². The second kappa shape index (κ2) is 6.34. The summed E-state index contributed by atoms with van der Waals surface area (Å²) in [6.07, 6.45) is 5.38. The van der Waals surface area contributed by atoms with Crippen LogP contribution in [0.3, 0.4) is 0 Å². The molecule has 0 saturated carbocycles. The summed E-state index contributed by atoms with van der Waals surface area (Å²) in [6.45, 7) is 1.33. The molecule has 0 aromatic carbocycles. The summed E-state index contributed by atoms with van der Waals surface area (Å²) in [7, 11) is -4.12. The maximum atomic E-state index is 11.1. The van der Waals surface area contributed by atoms with Gasteiger partial charge in [-0.25, -0.2) is 9.27 Å². The Morgan fingerprint density at radius 1 is 1.41 bits per heavy atom. The van der Waals surface area contributed by atoms with Gasteiger partial charge in [-0.2, -0.15) is 25.2 Å². The maximum Gasteiger partial charge on any atom is 0.491 e. The number of aromatic nitrogens is 2. The number of aryl methyl sites for hydroxylation is 1. The number of oxime groups is 1. The summed E-state index contributed by atoms with van der Waals surface area (Å²) in [4.78, 5) is 4.45. The number of hydrogen-bond acceptors (Lipinski definition) is 9. The second-order valence-electron chi connectivity index (χ2n) is 4.95. The number of thioether (sulfide) groups is 1. The molecular weight excluding hydrogens is 330 g/mol. The van der Waals surface area contributed by atoms with Crippen molar-refractivity contribution >= 4 is 28.1 Å². The van der Waals surface area contributed by atoms with E-state index in [0.29, 0.717) is 12.3 Å². The van der Waals surface area contributed by atoms with Crippen LogP contribution in [0.2, 0.25) is 0 Å². The molecule has 1 aromatic heterocycles. The van der Waals surface area contributed by atoms with Crippen molar-refractivity contribution in [1.82, 2.24) is 14.6 Å². The zero-order valence-corrected chi connectivity index (χ0v) is 13.5. The first-order chi connectivity index (χ1) is 10.6. The highest BCUT2D eigenvalue weighted by Gasteiger charge is 2.27. The minimum absolute atomic E-state index is 0.116. The normalized spacial score (nSPS) is 20.2. The van der Waals surface area contributed by atoms with Crippen molar-refractivity contribution in [2.75, 3.05) is 12.3 Å². The van der Waals surface area contributed by atoms with Gasteiger partial charge < -0.3 is 10.3 Å². The Bertz CT molecular complexity index is 672. The minimum atomic E-state index is -4.12. The molecule has 2 aliphatic rings. The number of fused-ring (bicyclic) bond motifs is 1. The zero-order valence-electron chi connectivity index (χ0n) is 11.8. The lowest BCUT2D eigenvalue weighted by Gasteiger charge is -2.22. The smallest absolute Gasteiger partial charge is 0.365 e. The number of nitrogens with two attached hydrogens (primary N) is 1. The number of hydroxylamine groups is 2. The molecule has 3 rings (SSSR count). The molecule has 9 nitrogen and oxygen atoms in total. The molecule has 1 aromatic rings. The Kier molecular flexibility index (Phi) is 4.45. The van der Waals surface area contributed by atoms with Crippen molar-refractivity contribution in [2.24, 2.45) is 10.9 Å². The SMILES string of the molecule is NC1=NOS(=O)(=O)ON1CCSCc1ncn2c1CCCC2. The minimum Gasteiger partial charge on any atom is -0.365 e. The Morgan fingerprint density at radius 3 is 3.14 bits per heavy atom. The van der Waals surface area contributed by atoms with Crippen LogP contribution >= 0.6 is 11.8 Å². The number of rotatable bonds is 5. The van der Waals surface area contributed by atoms with Gasteiger partial charge in [-0.3, -0.25) is 0 Å². The highest BCUT2D eigenvalue weighted by molar-refractivity contribution is 7.98. The van der Waals surface area contributed by atoms with Crippen LogP contribution in [0.1, 0.15) is 24.2 Å². The van der Waals surface area contributed by atoms with Crippen molar-refractivity contribution in [3.63, 3.8) is 0 Å². The molecule has 11 heteroatoms. The molecule has 0 spiro atoms. The first-order valence-electron chi connectivity index (χ1n) is 6.90. The number of imidazole rings is 1. The molecule has 2 aliphatic heterocycles. The molecule has 3 heterocycles. The van der Waals surface area contributed by atoms with Crippen LogP contribution in [0.15, 0.2) is 11.5 Å². The van der Waals surface area contributed by atoms with Gasteiger partial charge in [-0.15, -0.1) is 4.28 Å². The molecule has 0 aliphatic carbocycles. The van der Waals surface area contributed by atoms with E-state index in [4.69, 9.17) is 5.73 Å². The van der Waals surface area contributed by atoms with Crippen molar-refractivity contribution in [3.8, 4) is 0 Å². The van der Waals surface area contributed by atoms with E-state index in [-0.39, 0.29) is 5.96 Å². The Morgan fingerprint density at radius 2 is 2.27 bits per heavy atom. The van der Waals surface area contributed by atoms with E-state index in [1.807, 2.05) is 6.33 Å². The van der Waals surface area contributed by atoms with Gasteiger partial charge >= 0.3 is 10.4 Å². The third-order valence-corrected chi connectivity index (χ3v) is 5.00. The van der Waals surface area contributed by atoms with E-state index in [1.54, 1.807) is 11.8 Å². The van der Waals surface area contributed by atoms with E-state index in [2.05, 4.69) is 23.3 Å². The number of guanidine groups is 1. The lowest BCUT2D eigenvalue weighted by Crippen LogP contribution is -2.43. The lowest BCUT2D eigenvalue weighted by atomic mass is 10.1. The highest BCUT2D eigenvalue weighted by atomic mass is 32.3. The van der Waals surface area contributed by atoms with Gasteiger partial charge in [0.1, 0.15) is 0 Å². The Labute approximate surface area is 132 Å². The quantitative estimate of drug-likeness (QED) is 0.751. The standard InChI is InChI=1S/C11H17N5O4S2/c12-11-14-19-22(17,18)20-16(11)5-6-21-7-9-10-3-1-2-4-15(10)8-13-9/h8H,1-7H2,(H2,12,14). The van der Waals surface area contributed by atoms with Crippen LogP contribution in [0.25, 0.3) is 0 Å². The molecule has 0 saturated heterocycles. The van der Waals surface area contributed by atoms with Crippen LogP contribution < -0.4 is 5.73 Å². The van der Waals surface area contributed by atoms with Gasteiger partial charge in [0, 0.05) is 23.7 Å². The molecule has 0 radical (unpaired) electrons. The number of hydrogen-bond donors (Lipinski definition) is 1. The van der Waals surface area contributed by atoms with Crippen molar-refractivity contribution < 1.29 is 17.0 Å². The summed E-state index contributed by atoms with van der Waals surface area (Å²) in [6, 6.07) is 0. The van der Waals surface area contributed by atoms with Gasteiger partial charge in [0.05, 0.1) is 18.6 Å². The molecule has 22 heavy (non-hydrogen) atoms. The van der Waals surface area contributed by atoms with Gasteiger partial charge in [0.25, 0.3) is 5.96 Å². The van der Waals surface area contributed by atoms with E-state index in [1.165, 1.54) is 18.5 Å². The van der Waals surface area contributed by atoms with Gasteiger partial charge in [0.2, 0.25) is 0 Å². The lowest BCUT2D eigenvalue weighted by molar-refractivity contribution is -0.00816. The van der Waals surface area contributed by atoms with Crippen molar-refractivity contribution in [3.05, 3.63) is 17.7 Å². The Balaban J connectivity index is 1.49. The first-order valence-corrected chi connectivity index (χ1v) is 9.39. The Hall–Kier alpha value is -1.46. The molecule has 0 atom stereocenters. The van der Waals surface area contributed by atoms with Gasteiger partial charge in [-0.1, -0.05) is 0 Å². The van der Waals surface area contributed by atoms with E-state index in [9.17, 15) is 8.42 Å². The molecule has 0 amide bonds. The summed E-state index contributed by atoms with van der Waals surface area (Å²) in [5.74, 6) is 1.28. The molecule has 122 valence electrons. The average Bonchev–Trinajstić information content (AvgIpc) is 2.90. The zero-order chi connectivity index (χ0) is 15.6. The van der Waals surface area contributed by atoms with E-state index < -0.39 is 10.4 Å². The van der Waals surface area contributed by atoms with Crippen LogP contribution in [-0.2, 0) is 37.7 Å². The maximum absolute atomic E-state index is 11.1. The molecule has 0 unspecified atom stereocenters. The summed E-state index contributed by atoms with van der Waals surface area (Å²) >= 11 is 1.64. The van der Waals surface area contributed by atoms with Crippen LogP contribution in [-0.4, -0.2) is 41.3 Å². The average molecular weight is 347 g/mol. The summed E-state index contributed by atoms with van der Waals surface area (Å²) in [5.41, 5.74) is 7.91.